The summed E-state index contributed by atoms with van der Waals surface area (Å²) in [4.78, 5) is 10.8. The molecule has 84 valence electrons. The number of aromatic nitrogens is 2. The zero-order chi connectivity index (χ0) is 11.9. The topological polar surface area (TPSA) is 55.1 Å². The number of halogens is 1. The predicted molar refractivity (Wildman–Crippen MR) is 57.2 cm³/mol. The van der Waals surface area contributed by atoms with Crippen LogP contribution in [0.4, 0.5) is 4.39 Å². The van der Waals surface area contributed by atoms with E-state index in [1.54, 1.807) is 13.1 Å². The Hall–Kier alpha value is -1.91. The Bertz CT molecular complexity index is 560. The van der Waals surface area contributed by atoms with E-state index in [1.807, 2.05) is 0 Å². The SMILES string of the molecule is CC(F)c1nn(C)c2cc(C(=O)O)ccc12. The lowest BCUT2D eigenvalue weighted by Gasteiger charge is -1.98. The van der Waals surface area contributed by atoms with Gasteiger partial charge in [-0.15, -0.1) is 0 Å². The second kappa shape index (κ2) is 3.59. The van der Waals surface area contributed by atoms with Gasteiger partial charge in [0.15, 0.2) is 0 Å². The van der Waals surface area contributed by atoms with Gasteiger partial charge < -0.3 is 5.11 Å². The highest BCUT2D eigenvalue weighted by Gasteiger charge is 2.15. The van der Waals surface area contributed by atoms with E-state index in [1.165, 1.54) is 23.7 Å². The van der Waals surface area contributed by atoms with Crippen molar-refractivity contribution in [1.82, 2.24) is 9.78 Å². The van der Waals surface area contributed by atoms with Crippen LogP contribution in [-0.4, -0.2) is 20.9 Å². The van der Waals surface area contributed by atoms with Gasteiger partial charge >= 0.3 is 5.97 Å². The maximum atomic E-state index is 13.2. The highest BCUT2D eigenvalue weighted by atomic mass is 19.1. The normalized spacial score (nSPS) is 12.9. The van der Waals surface area contributed by atoms with E-state index in [4.69, 9.17) is 5.11 Å². The van der Waals surface area contributed by atoms with Crippen LogP contribution in [0, 0.1) is 0 Å². The van der Waals surface area contributed by atoms with E-state index in [0.717, 1.165) is 0 Å². The van der Waals surface area contributed by atoms with E-state index in [9.17, 15) is 9.18 Å². The van der Waals surface area contributed by atoms with Crippen molar-refractivity contribution in [3.8, 4) is 0 Å². The first kappa shape index (κ1) is 10.6. The van der Waals surface area contributed by atoms with Crippen LogP contribution in [0.1, 0.15) is 29.1 Å². The molecule has 4 nitrogen and oxygen atoms in total. The Morgan fingerprint density at radius 1 is 1.56 bits per heavy atom. The summed E-state index contributed by atoms with van der Waals surface area (Å²) in [6.45, 7) is 1.41. The van der Waals surface area contributed by atoms with Crippen LogP contribution >= 0.6 is 0 Å². The van der Waals surface area contributed by atoms with Gasteiger partial charge in [0, 0.05) is 12.4 Å². The Kier molecular flexibility index (Phi) is 2.38. The molecule has 0 saturated carbocycles. The Balaban J connectivity index is 2.71. The molecule has 0 bridgehead atoms. The predicted octanol–water partition coefficient (Wildman–Crippen LogP) is 2.30. The highest BCUT2D eigenvalue weighted by molar-refractivity contribution is 5.94. The molecule has 0 spiro atoms. The second-order valence-electron chi connectivity index (χ2n) is 3.66. The third-order valence-electron chi connectivity index (χ3n) is 2.50. The first-order valence-electron chi connectivity index (χ1n) is 4.84. The Morgan fingerprint density at radius 3 is 2.81 bits per heavy atom. The number of carbonyl (C=O) groups is 1. The monoisotopic (exact) mass is 222 g/mol. The fraction of sp³-hybridized carbons (Fsp3) is 0.273. The van der Waals surface area contributed by atoms with Crippen LogP contribution < -0.4 is 0 Å². The van der Waals surface area contributed by atoms with Gasteiger partial charge in [0.1, 0.15) is 11.9 Å². The maximum absolute atomic E-state index is 13.2. The lowest BCUT2D eigenvalue weighted by atomic mass is 10.1. The lowest BCUT2D eigenvalue weighted by Crippen LogP contribution is -1.96. The van der Waals surface area contributed by atoms with Crippen molar-refractivity contribution in [2.24, 2.45) is 7.05 Å². The molecule has 2 rings (SSSR count). The highest BCUT2D eigenvalue weighted by Crippen LogP contribution is 2.26. The molecule has 1 heterocycles. The van der Waals surface area contributed by atoms with Gasteiger partial charge in [-0.2, -0.15) is 5.10 Å². The molecule has 0 fully saturated rings. The average Bonchev–Trinajstić information content (AvgIpc) is 2.56. The van der Waals surface area contributed by atoms with Crippen molar-refractivity contribution in [3.63, 3.8) is 0 Å². The minimum Gasteiger partial charge on any atom is -0.478 e. The number of alkyl halides is 1. The summed E-state index contributed by atoms with van der Waals surface area (Å²) in [5.41, 5.74) is 1.14. The first-order chi connectivity index (χ1) is 7.50. The van der Waals surface area contributed by atoms with Crippen molar-refractivity contribution in [2.75, 3.05) is 0 Å². The molecule has 1 aromatic carbocycles. The Labute approximate surface area is 91.3 Å². The molecule has 2 aromatic rings. The molecule has 0 radical (unpaired) electrons. The molecule has 5 heteroatoms. The van der Waals surface area contributed by atoms with Crippen molar-refractivity contribution >= 4 is 16.9 Å². The van der Waals surface area contributed by atoms with Crippen LogP contribution in [0.3, 0.4) is 0 Å². The minimum atomic E-state index is -1.17. The van der Waals surface area contributed by atoms with Gasteiger partial charge in [0.05, 0.1) is 11.1 Å². The second-order valence-corrected chi connectivity index (χ2v) is 3.66. The lowest BCUT2D eigenvalue weighted by molar-refractivity contribution is 0.0697. The quantitative estimate of drug-likeness (QED) is 0.848. The molecule has 0 aliphatic rings. The standard InChI is InChI=1S/C11H11FN2O2/c1-6(12)10-8-4-3-7(11(15)16)5-9(8)14(2)13-10/h3-6H,1-2H3,(H,15,16). The number of aryl methyl sites for hydroxylation is 1. The van der Waals surface area contributed by atoms with Crippen LogP contribution in [-0.2, 0) is 7.05 Å². The number of nitrogens with zero attached hydrogens (tertiary/aromatic N) is 2. The summed E-state index contributed by atoms with van der Waals surface area (Å²) in [5, 5.41) is 13.5. The van der Waals surface area contributed by atoms with Gasteiger partial charge in [-0.3, -0.25) is 4.68 Å². The van der Waals surface area contributed by atoms with E-state index >= 15 is 0 Å². The summed E-state index contributed by atoms with van der Waals surface area (Å²) in [6.07, 6.45) is -1.17. The zero-order valence-corrected chi connectivity index (χ0v) is 8.94. The van der Waals surface area contributed by atoms with Gasteiger partial charge in [-0.1, -0.05) is 0 Å². The van der Waals surface area contributed by atoms with Crippen molar-refractivity contribution in [3.05, 3.63) is 29.5 Å². The molecule has 0 aliphatic heterocycles. The van der Waals surface area contributed by atoms with Gasteiger partial charge in [0.25, 0.3) is 0 Å². The summed E-state index contributed by atoms with van der Waals surface area (Å²) >= 11 is 0. The molecule has 1 unspecified atom stereocenters. The Morgan fingerprint density at radius 2 is 2.25 bits per heavy atom. The third-order valence-corrected chi connectivity index (χ3v) is 2.50. The zero-order valence-electron chi connectivity index (χ0n) is 8.94. The van der Waals surface area contributed by atoms with E-state index < -0.39 is 12.1 Å². The first-order valence-corrected chi connectivity index (χ1v) is 4.84. The number of hydrogen-bond donors (Lipinski definition) is 1. The maximum Gasteiger partial charge on any atom is 0.335 e. The minimum absolute atomic E-state index is 0.175. The number of hydrogen-bond acceptors (Lipinski definition) is 2. The van der Waals surface area contributed by atoms with Crippen molar-refractivity contribution in [2.45, 2.75) is 13.1 Å². The average molecular weight is 222 g/mol. The van der Waals surface area contributed by atoms with Crippen LogP contribution in [0.5, 0.6) is 0 Å². The molecule has 0 saturated heterocycles. The van der Waals surface area contributed by atoms with Crippen molar-refractivity contribution in [1.29, 1.82) is 0 Å². The molecular weight excluding hydrogens is 211 g/mol. The number of rotatable bonds is 2. The summed E-state index contributed by atoms with van der Waals surface area (Å²) in [6, 6.07) is 4.55. The number of carboxylic acids is 1. The molecule has 1 atom stereocenters. The number of fused-ring (bicyclic) bond motifs is 1. The van der Waals surface area contributed by atoms with Crippen LogP contribution in [0.25, 0.3) is 10.9 Å². The van der Waals surface area contributed by atoms with E-state index in [-0.39, 0.29) is 5.56 Å². The molecule has 0 aliphatic carbocycles. The molecule has 16 heavy (non-hydrogen) atoms. The fourth-order valence-electron chi connectivity index (χ4n) is 1.71. The summed E-state index contributed by atoms with van der Waals surface area (Å²) in [5.74, 6) is -1.00. The van der Waals surface area contributed by atoms with Crippen molar-refractivity contribution < 1.29 is 14.3 Å². The van der Waals surface area contributed by atoms with Gasteiger partial charge in [0.2, 0.25) is 0 Å². The molecular formula is C11H11FN2O2. The number of carboxylic acid groups (broad SMARTS) is 1. The smallest absolute Gasteiger partial charge is 0.335 e. The molecule has 1 aromatic heterocycles. The van der Waals surface area contributed by atoms with E-state index in [0.29, 0.717) is 16.6 Å². The number of benzene rings is 1. The summed E-state index contributed by atoms with van der Waals surface area (Å²) in [7, 11) is 1.67. The largest absolute Gasteiger partial charge is 0.478 e. The van der Waals surface area contributed by atoms with Crippen LogP contribution in [0.2, 0.25) is 0 Å². The third kappa shape index (κ3) is 1.54. The summed E-state index contributed by atoms with van der Waals surface area (Å²) < 4.78 is 14.7. The van der Waals surface area contributed by atoms with Crippen LogP contribution in [0.15, 0.2) is 18.2 Å². The van der Waals surface area contributed by atoms with Gasteiger partial charge in [-0.05, 0) is 25.1 Å². The number of aromatic carboxylic acids is 1. The van der Waals surface area contributed by atoms with E-state index in [2.05, 4.69) is 5.10 Å². The molecule has 1 N–H and O–H groups in total. The van der Waals surface area contributed by atoms with Gasteiger partial charge in [-0.25, -0.2) is 9.18 Å². The fourth-order valence-corrected chi connectivity index (χ4v) is 1.71. The molecule has 0 amide bonds.